The fourth-order valence-electron chi connectivity index (χ4n) is 2.74. The molecule has 1 fully saturated rings. The second kappa shape index (κ2) is 8.03. The van der Waals surface area contributed by atoms with E-state index in [1.165, 1.54) is 0 Å². The predicted octanol–water partition coefficient (Wildman–Crippen LogP) is 0.304. The number of nitrogens with one attached hydrogen (secondary N) is 2. The van der Waals surface area contributed by atoms with Crippen LogP contribution in [0.2, 0.25) is 0 Å². The van der Waals surface area contributed by atoms with Gasteiger partial charge in [0.25, 0.3) is 5.56 Å². The van der Waals surface area contributed by atoms with Gasteiger partial charge in [0, 0.05) is 39.0 Å². The van der Waals surface area contributed by atoms with Crippen LogP contribution in [0, 0.1) is 0 Å². The van der Waals surface area contributed by atoms with Crippen LogP contribution in [0.4, 0.5) is 0 Å². The first-order valence-corrected chi connectivity index (χ1v) is 8.27. The molecule has 7 nitrogen and oxygen atoms in total. The van der Waals surface area contributed by atoms with Crippen LogP contribution in [0.15, 0.2) is 29.1 Å². The van der Waals surface area contributed by atoms with Gasteiger partial charge >= 0.3 is 0 Å². The normalized spacial score (nSPS) is 15.5. The average Bonchev–Trinajstić information content (AvgIpc) is 2.61. The van der Waals surface area contributed by atoms with Gasteiger partial charge in [0.2, 0.25) is 5.91 Å². The summed E-state index contributed by atoms with van der Waals surface area (Å²) < 4.78 is 5.29. The number of amides is 1. The van der Waals surface area contributed by atoms with Crippen molar-refractivity contribution in [2.45, 2.75) is 12.8 Å². The molecule has 1 aromatic carbocycles. The van der Waals surface area contributed by atoms with E-state index in [0.717, 1.165) is 38.4 Å². The maximum absolute atomic E-state index is 12.0. The quantitative estimate of drug-likeness (QED) is 0.796. The number of carbonyl (C=O) groups is 1. The Labute approximate surface area is 140 Å². The Hall–Kier alpha value is -2.25. The Bertz CT molecular complexity index is 753. The zero-order chi connectivity index (χ0) is 16.8. The largest absolute Gasteiger partial charge is 0.379 e. The molecular formula is C17H22N4O3. The minimum Gasteiger partial charge on any atom is -0.379 e. The van der Waals surface area contributed by atoms with Gasteiger partial charge in [-0.1, -0.05) is 12.1 Å². The maximum Gasteiger partial charge on any atom is 0.270 e. The number of carbonyl (C=O) groups excluding carboxylic acids is 1. The van der Waals surface area contributed by atoms with Crippen LogP contribution in [0.1, 0.15) is 12.1 Å². The van der Waals surface area contributed by atoms with Gasteiger partial charge < -0.3 is 15.0 Å². The number of H-pyrrole nitrogens is 1. The second-order valence-corrected chi connectivity index (χ2v) is 5.83. The number of aromatic nitrogens is 2. The van der Waals surface area contributed by atoms with Crippen LogP contribution in [-0.2, 0) is 16.0 Å². The van der Waals surface area contributed by atoms with Crippen LogP contribution >= 0.6 is 0 Å². The fraction of sp³-hybridized carbons (Fsp3) is 0.471. The molecule has 2 aromatic rings. The monoisotopic (exact) mass is 330 g/mol. The number of fused-ring (bicyclic) bond motifs is 1. The molecule has 0 unspecified atom stereocenters. The van der Waals surface area contributed by atoms with Crippen molar-refractivity contribution >= 4 is 16.9 Å². The second-order valence-electron chi connectivity index (χ2n) is 5.83. The molecular weight excluding hydrogens is 308 g/mol. The lowest BCUT2D eigenvalue weighted by molar-refractivity contribution is -0.121. The molecule has 0 aliphatic carbocycles. The number of aromatic amines is 1. The van der Waals surface area contributed by atoms with Gasteiger partial charge in [-0.3, -0.25) is 14.5 Å². The standard InChI is InChI=1S/C17H22N4O3/c22-16(18-7-8-21-9-11-24-12-10-21)6-5-15-17(23)20-14-4-2-1-3-13(14)19-15/h1-4H,5-12H2,(H,18,22)(H,20,23). The third kappa shape index (κ3) is 4.39. The number of nitrogens with zero attached hydrogens (tertiary/aromatic N) is 2. The van der Waals surface area contributed by atoms with Crippen molar-refractivity contribution in [3.63, 3.8) is 0 Å². The Morgan fingerprint density at radius 1 is 1.29 bits per heavy atom. The fourth-order valence-corrected chi connectivity index (χ4v) is 2.74. The molecule has 1 amide bonds. The first kappa shape index (κ1) is 16.6. The minimum absolute atomic E-state index is 0.0578. The van der Waals surface area contributed by atoms with Crippen LogP contribution in [0.3, 0.4) is 0 Å². The molecule has 7 heteroatoms. The Balaban J connectivity index is 1.47. The first-order chi connectivity index (χ1) is 11.7. The van der Waals surface area contributed by atoms with E-state index in [0.29, 0.717) is 24.2 Å². The number of aryl methyl sites for hydroxylation is 1. The molecule has 2 N–H and O–H groups in total. The van der Waals surface area contributed by atoms with E-state index in [-0.39, 0.29) is 17.9 Å². The summed E-state index contributed by atoms with van der Waals surface area (Å²) in [5.74, 6) is -0.0578. The highest BCUT2D eigenvalue weighted by atomic mass is 16.5. The number of hydrogen-bond donors (Lipinski definition) is 2. The van der Waals surface area contributed by atoms with Crippen molar-refractivity contribution in [2.75, 3.05) is 39.4 Å². The highest BCUT2D eigenvalue weighted by molar-refractivity contribution is 5.76. The topological polar surface area (TPSA) is 87.3 Å². The highest BCUT2D eigenvalue weighted by Gasteiger charge is 2.11. The van der Waals surface area contributed by atoms with Gasteiger partial charge in [-0.25, -0.2) is 4.98 Å². The van der Waals surface area contributed by atoms with Crippen LogP contribution in [0.5, 0.6) is 0 Å². The molecule has 0 atom stereocenters. The number of para-hydroxylation sites is 2. The summed E-state index contributed by atoms with van der Waals surface area (Å²) in [4.78, 5) is 33.4. The van der Waals surface area contributed by atoms with E-state index < -0.39 is 0 Å². The molecule has 24 heavy (non-hydrogen) atoms. The van der Waals surface area contributed by atoms with Gasteiger partial charge in [-0.2, -0.15) is 0 Å². The van der Waals surface area contributed by atoms with Gasteiger partial charge in [0.1, 0.15) is 5.69 Å². The van der Waals surface area contributed by atoms with Crippen molar-refractivity contribution in [1.29, 1.82) is 0 Å². The molecule has 1 saturated heterocycles. The molecule has 1 aromatic heterocycles. The molecule has 0 bridgehead atoms. The van der Waals surface area contributed by atoms with Gasteiger partial charge in [0.05, 0.1) is 24.2 Å². The van der Waals surface area contributed by atoms with Crippen molar-refractivity contribution in [2.24, 2.45) is 0 Å². The average molecular weight is 330 g/mol. The summed E-state index contributed by atoms with van der Waals surface area (Å²) in [5.41, 5.74) is 1.62. The molecule has 1 aliphatic rings. The summed E-state index contributed by atoms with van der Waals surface area (Å²) >= 11 is 0. The highest BCUT2D eigenvalue weighted by Crippen LogP contribution is 2.06. The summed E-state index contributed by atoms with van der Waals surface area (Å²) in [5, 5.41) is 2.90. The Morgan fingerprint density at radius 2 is 2.08 bits per heavy atom. The summed E-state index contributed by atoms with van der Waals surface area (Å²) in [6, 6.07) is 7.38. The molecule has 0 spiro atoms. The number of ether oxygens (including phenoxy) is 1. The number of benzene rings is 1. The number of morpholine rings is 1. The lowest BCUT2D eigenvalue weighted by Gasteiger charge is -2.26. The predicted molar refractivity (Wildman–Crippen MR) is 91.0 cm³/mol. The maximum atomic E-state index is 12.0. The summed E-state index contributed by atoms with van der Waals surface area (Å²) in [7, 11) is 0. The van der Waals surface area contributed by atoms with Gasteiger partial charge in [-0.05, 0) is 12.1 Å². The van der Waals surface area contributed by atoms with Crippen molar-refractivity contribution in [1.82, 2.24) is 20.2 Å². The van der Waals surface area contributed by atoms with Crippen molar-refractivity contribution < 1.29 is 9.53 Å². The molecule has 1 aliphatic heterocycles. The third-order valence-electron chi connectivity index (χ3n) is 4.11. The van der Waals surface area contributed by atoms with Gasteiger partial charge in [0.15, 0.2) is 0 Å². The van der Waals surface area contributed by atoms with Crippen molar-refractivity contribution in [3.05, 3.63) is 40.3 Å². The van der Waals surface area contributed by atoms with E-state index in [4.69, 9.17) is 4.74 Å². The first-order valence-electron chi connectivity index (χ1n) is 8.27. The van der Waals surface area contributed by atoms with Crippen LogP contribution < -0.4 is 10.9 Å². The Kier molecular flexibility index (Phi) is 5.55. The third-order valence-corrected chi connectivity index (χ3v) is 4.11. The van der Waals surface area contributed by atoms with E-state index in [1.54, 1.807) is 0 Å². The SMILES string of the molecule is O=C(CCc1nc2ccccc2[nH]c1=O)NCCN1CCOCC1. The molecule has 3 rings (SSSR count). The van der Waals surface area contributed by atoms with E-state index >= 15 is 0 Å². The lowest BCUT2D eigenvalue weighted by Crippen LogP contribution is -2.41. The van der Waals surface area contributed by atoms with Crippen molar-refractivity contribution in [3.8, 4) is 0 Å². The van der Waals surface area contributed by atoms with E-state index in [2.05, 4.69) is 20.2 Å². The van der Waals surface area contributed by atoms with E-state index in [1.807, 2.05) is 24.3 Å². The molecule has 128 valence electrons. The number of rotatable bonds is 6. The zero-order valence-corrected chi connectivity index (χ0v) is 13.6. The molecule has 2 heterocycles. The molecule has 0 saturated carbocycles. The van der Waals surface area contributed by atoms with Crippen LogP contribution in [-0.4, -0.2) is 60.2 Å². The zero-order valence-electron chi connectivity index (χ0n) is 13.6. The number of hydrogen-bond acceptors (Lipinski definition) is 5. The Morgan fingerprint density at radius 3 is 2.92 bits per heavy atom. The lowest BCUT2D eigenvalue weighted by atomic mass is 10.2. The minimum atomic E-state index is -0.227. The smallest absolute Gasteiger partial charge is 0.270 e. The molecule has 0 radical (unpaired) electrons. The van der Waals surface area contributed by atoms with E-state index in [9.17, 15) is 9.59 Å². The van der Waals surface area contributed by atoms with Crippen LogP contribution in [0.25, 0.3) is 11.0 Å². The van der Waals surface area contributed by atoms with Gasteiger partial charge in [-0.15, -0.1) is 0 Å². The summed E-state index contributed by atoms with van der Waals surface area (Å²) in [6.45, 7) is 4.76. The summed E-state index contributed by atoms with van der Waals surface area (Å²) in [6.07, 6.45) is 0.598.